The molecule has 130 valence electrons. The fourth-order valence-corrected chi connectivity index (χ4v) is 3.19. The molecule has 0 saturated heterocycles. The molecule has 0 unspecified atom stereocenters. The fourth-order valence-electron chi connectivity index (χ4n) is 2.82. The van der Waals surface area contributed by atoms with Crippen LogP contribution in [0.15, 0.2) is 30.3 Å². The van der Waals surface area contributed by atoms with Gasteiger partial charge in [-0.1, -0.05) is 23.7 Å². The van der Waals surface area contributed by atoms with Gasteiger partial charge in [-0.15, -0.1) is 0 Å². The first-order chi connectivity index (χ1) is 11.9. The van der Waals surface area contributed by atoms with E-state index >= 15 is 0 Å². The Bertz CT molecular complexity index is 826. The summed E-state index contributed by atoms with van der Waals surface area (Å²) in [7, 11) is 0. The van der Waals surface area contributed by atoms with Crippen LogP contribution < -0.4 is 15.4 Å². The van der Waals surface area contributed by atoms with Crippen LogP contribution in [0.25, 0.3) is 0 Å². The number of carbonyl (C=O) groups is 2. The molecule has 2 amide bonds. The zero-order chi connectivity index (χ0) is 18.0. The van der Waals surface area contributed by atoms with Crippen molar-refractivity contribution < 1.29 is 14.3 Å². The summed E-state index contributed by atoms with van der Waals surface area (Å²) in [6.45, 7) is 3.91. The van der Waals surface area contributed by atoms with Gasteiger partial charge in [0.2, 0.25) is 5.91 Å². The molecule has 0 radical (unpaired) electrons. The molecule has 0 bridgehead atoms. The van der Waals surface area contributed by atoms with Crippen LogP contribution in [0.1, 0.15) is 23.1 Å². The second-order valence-corrected chi connectivity index (χ2v) is 6.56. The van der Waals surface area contributed by atoms with Gasteiger partial charge in [0.25, 0.3) is 5.91 Å². The largest absolute Gasteiger partial charge is 0.482 e. The molecule has 2 aromatic carbocycles. The number of amides is 2. The van der Waals surface area contributed by atoms with E-state index in [1.807, 2.05) is 44.2 Å². The van der Waals surface area contributed by atoms with Crippen LogP contribution in [-0.4, -0.2) is 18.4 Å². The van der Waals surface area contributed by atoms with E-state index in [4.69, 9.17) is 16.3 Å². The van der Waals surface area contributed by atoms with Crippen molar-refractivity contribution in [3.63, 3.8) is 0 Å². The Morgan fingerprint density at radius 1 is 1.28 bits per heavy atom. The molecule has 0 aliphatic carbocycles. The van der Waals surface area contributed by atoms with E-state index in [0.717, 1.165) is 16.7 Å². The SMILES string of the molecule is Cc1cc(C)c(NC(=O)CCc2ccc3c(c2)NC(=O)CO3)c(Cl)c1. The highest BCUT2D eigenvalue weighted by Crippen LogP contribution is 2.29. The highest BCUT2D eigenvalue weighted by Gasteiger charge is 2.16. The lowest BCUT2D eigenvalue weighted by molar-refractivity contribution is -0.118. The van der Waals surface area contributed by atoms with E-state index in [9.17, 15) is 9.59 Å². The summed E-state index contributed by atoms with van der Waals surface area (Å²) in [5.41, 5.74) is 4.24. The van der Waals surface area contributed by atoms with Gasteiger partial charge in [0.15, 0.2) is 6.61 Å². The maximum Gasteiger partial charge on any atom is 0.262 e. The molecule has 0 spiro atoms. The molecule has 1 heterocycles. The number of anilines is 2. The van der Waals surface area contributed by atoms with Crippen LogP contribution >= 0.6 is 11.6 Å². The monoisotopic (exact) mass is 358 g/mol. The van der Waals surface area contributed by atoms with Crippen molar-refractivity contribution in [3.05, 3.63) is 52.0 Å². The van der Waals surface area contributed by atoms with Crippen LogP contribution in [0, 0.1) is 13.8 Å². The van der Waals surface area contributed by atoms with Crippen molar-refractivity contribution in [2.45, 2.75) is 26.7 Å². The zero-order valence-electron chi connectivity index (χ0n) is 14.1. The summed E-state index contributed by atoms with van der Waals surface area (Å²) in [6.07, 6.45) is 0.870. The van der Waals surface area contributed by atoms with Crippen molar-refractivity contribution in [2.75, 3.05) is 17.2 Å². The van der Waals surface area contributed by atoms with Crippen molar-refractivity contribution in [1.29, 1.82) is 0 Å². The summed E-state index contributed by atoms with van der Waals surface area (Å²) in [5, 5.41) is 6.19. The first kappa shape index (κ1) is 17.3. The second kappa shape index (κ2) is 7.15. The summed E-state index contributed by atoms with van der Waals surface area (Å²) in [5.74, 6) is 0.369. The summed E-state index contributed by atoms with van der Waals surface area (Å²) in [6, 6.07) is 9.35. The highest BCUT2D eigenvalue weighted by atomic mass is 35.5. The minimum Gasteiger partial charge on any atom is -0.482 e. The van der Waals surface area contributed by atoms with Crippen LogP contribution in [-0.2, 0) is 16.0 Å². The standard InChI is InChI=1S/C19H19ClN2O3/c1-11-7-12(2)19(14(20)8-11)22-17(23)6-4-13-3-5-16-15(9-13)21-18(24)10-25-16/h3,5,7-9H,4,6,10H2,1-2H3,(H,21,24)(H,22,23). The first-order valence-corrected chi connectivity index (χ1v) is 8.42. The van der Waals surface area contributed by atoms with E-state index in [0.29, 0.717) is 35.0 Å². The van der Waals surface area contributed by atoms with Crippen molar-refractivity contribution in [2.24, 2.45) is 0 Å². The second-order valence-electron chi connectivity index (χ2n) is 6.15. The fraction of sp³-hybridized carbons (Fsp3) is 0.263. The summed E-state index contributed by atoms with van der Waals surface area (Å²) < 4.78 is 5.33. The Kier molecular flexibility index (Phi) is 4.95. The van der Waals surface area contributed by atoms with E-state index in [1.165, 1.54) is 0 Å². The van der Waals surface area contributed by atoms with E-state index < -0.39 is 0 Å². The molecular weight excluding hydrogens is 340 g/mol. The molecule has 3 rings (SSSR count). The first-order valence-electron chi connectivity index (χ1n) is 8.04. The normalized spacial score (nSPS) is 12.8. The number of halogens is 1. The van der Waals surface area contributed by atoms with Gasteiger partial charge in [-0.25, -0.2) is 0 Å². The smallest absolute Gasteiger partial charge is 0.262 e. The molecule has 0 atom stereocenters. The van der Waals surface area contributed by atoms with Gasteiger partial charge >= 0.3 is 0 Å². The minimum atomic E-state index is -0.174. The molecule has 5 nitrogen and oxygen atoms in total. The van der Waals surface area contributed by atoms with Crippen LogP contribution in [0.2, 0.25) is 5.02 Å². The third-order valence-electron chi connectivity index (χ3n) is 4.01. The molecule has 1 aliphatic heterocycles. The van der Waals surface area contributed by atoms with Gasteiger partial charge in [-0.3, -0.25) is 9.59 Å². The lowest BCUT2D eigenvalue weighted by atomic mass is 10.1. The number of hydrogen-bond acceptors (Lipinski definition) is 3. The highest BCUT2D eigenvalue weighted by molar-refractivity contribution is 6.34. The number of nitrogens with one attached hydrogen (secondary N) is 2. The number of hydrogen-bond donors (Lipinski definition) is 2. The molecular formula is C19H19ClN2O3. The average molecular weight is 359 g/mol. The van der Waals surface area contributed by atoms with Crippen molar-refractivity contribution in [1.82, 2.24) is 0 Å². The maximum atomic E-state index is 12.3. The third kappa shape index (κ3) is 4.12. The van der Waals surface area contributed by atoms with Gasteiger partial charge < -0.3 is 15.4 Å². The van der Waals surface area contributed by atoms with Crippen LogP contribution in [0.5, 0.6) is 5.75 Å². The molecule has 0 saturated carbocycles. The van der Waals surface area contributed by atoms with Crippen molar-refractivity contribution >= 4 is 34.8 Å². The molecule has 2 aromatic rings. The quantitative estimate of drug-likeness (QED) is 0.872. The number of benzene rings is 2. The molecule has 6 heteroatoms. The average Bonchev–Trinajstić information content (AvgIpc) is 2.55. The molecule has 1 aliphatic rings. The molecule has 0 fully saturated rings. The van der Waals surface area contributed by atoms with Gasteiger partial charge in [0.05, 0.1) is 16.4 Å². The molecule has 25 heavy (non-hydrogen) atoms. The summed E-state index contributed by atoms with van der Waals surface area (Å²) in [4.78, 5) is 23.6. The van der Waals surface area contributed by atoms with Gasteiger partial charge in [-0.05, 0) is 55.2 Å². The van der Waals surface area contributed by atoms with Crippen LogP contribution in [0.4, 0.5) is 11.4 Å². The van der Waals surface area contributed by atoms with E-state index in [1.54, 1.807) is 0 Å². The van der Waals surface area contributed by atoms with Crippen molar-refractivity contribution in [3.8, 4) is 5.75 Å². The Morgan fingerprint density at radius 3 is 2.84 bits per heavy atom. The Balaban J connectivity index is 1.63. The van der Waals surface area contributed by atoms with Gasteiger partial charge in [-0.2, -0.15) is 0 Å². The number of rotatable bonds is 4. The zero-order valence-corrected chi connectivity index (χ0v) is 14.9. The van der Waals surface area contributed by atoms with Gasteiger partial charge in [0.1, 0.15) is 5.75 Å². The Hall–Kier alpha value is -2.53. The third-order valence-corrected chi connectivity index (χ3v) is 4.31. The predicted octanol–water partition coefficient (Wildman–Crippen LogP) is 3.86. The minimum absolute atomic E-state index is 0.0331. The number of ether oxygens (including phenoxy) is 1. The number of fused-ring (bicyclic) bond motifs is 1. The maximum absolute atomic E-state index is 12.3. The Labute approximate surface area is 151 Å². The van der Waals surface area contributed by atoms with Crippen LogP contribution in [0.3, 0.4) is 0 Å². The molecule has 2 N–H and O–H groups in total. The van der Waals surface area contributed by atoms with Gasteiger partial charge in [0, 0.05) is 6.42 Å². The lowest BCUT2D eigenvalue weighted by Crippen LogP contribution is -2.25. The predicted molar refractivity (Wildman–Crippen MR) is 98.4 cm³/mol. The lowest BCUT2D eigenvalue weighted by Gasteiger charge is -2.18. The summed E-state index contributed by atoms with van der Waals surface area (Å²) >= 11 is 6.22. The molecule has 0 aromatic heterocycles. The number of aryl methyl sites for hydroxylation is 3. The topological polar surface area (TPSA) is 67.4 Å². The van der Waals surface area contributed by atoms with E-state index in [2.05, 4.69) is 10.6 Å². The Morgan fingerprint density at radius 2 is 2.08 bits per heavy atom. The van der Waals surface area contributed by atoms with E-state index in [-0.39, 0.29) is 18.4 Å². The number of carbonyl (C=O) groups excluding carboxylic acids is 2.